The van der Waals surface area contributed by atoms with Gasteiger partial charge in [-0.2, -0.15) is 5.26 Å². The summed E-state index contributed by atoms with van der Waals surface area (Å²) in [5.74, 6) is 0. The maximum Gasteiger partial charge on any atom is 0.120 e. The van der Waals surface area contributed by atoms with Crippen molar-refractivity contribution in [3.05, 3.63) is 36.0 Å². The van der Waals surface area contributed by atoms with E-state index in [9.17, 15) is 0 Å². The predicted molar refractivity (Wildman–Crippen MR) is 50.8 cm³/mol. The van der Waals surface area contributed by atoms with Crippen molar-refractivity contribution in [3.8, 4) is 6.07 Å². The van der Waals surface area contributed by atoms with E-state index in [1.165, 1.54) is 0 Å². The fourth-order valence-electron chi connectivity index (χ4n) is 1.42. The summed E-state index contributed by atoms with van der Waals surface area (Å²) in [7, 11) is 0. The number of H-pyrrole nitrogens is 1. The first-order valence-electron chi connectivity index (χ1n) is 4.04. The van der Waals surface area contributed by atoms with Crippen molar-refractivity contribution in [1.82, 2.24) is 4.98 Å². The second-order valence-corrected chi connectivity index (χ2v) is 2.90. The third kappa shape index (κ3) is 1.17. The Morgan fingerprint density at radius 2 is 2.15 bits per heavy atom. The molecule has 0 spiro atoms. The van der Waals surface area contributed by atoms with E-state index in [0.29, 0.717) is 0 Å². The monoisotopic (exact) mass is 171 g/mol. The molecule has 0 aliphatic carbocycles. The van der Waals surface area contributed by atoms with Crippen LogP contribution in [0.4, 0.5) is 0 Å². The Morgan fingerprint density at radius 1 is 1.38 bits per heavy atom. The molecule has 1 atom stereocenters. The van der Waals surface area contributed by atoms with Crippen LogP contribution < -0.4 is 5.73 Å². The summed E-state index contributed by atoms with van der Waals surface area (Å²) >= 11 is 0. The van der Waals surface area contributed by atoms with Crippen molar-refractivity contribution in [2.45, 2.75) is 6.04 Å². The molecule has 1 heterocycles. The molecule has 1 aromatic carbocycles. The Kier molecular flexibility index (Phi) is 1.76. The highest BCUT2D eigenvalue weighted by atomic mass is 14.7. The number of nitriles is 1. The van der Waals surface area contributed by atoms with E-state index in [2.05, 4.69) is 4.98 Å². The minimum absolute atomic E-state index is 0.545. The second-order valence-electron chi connectivity index (χ2n) is 2.90. The van der Waals surface area contributed by atoms with Gasteiger partial charge in [0.25, 0.3) is 0 Å². The number of nitrogens with zero attached hydrogens (tertiary/aromatic N) is 1. The minimum Gasteiger partial charge on any atom is -0.361 e. The molecule has 1 unspecified atom stereocenters. The minimum atomic E-state index is -0.545. The zero-order valence-corrected chi connectivity index (χ0v) is 6.99. The van der Waals surface area contributed by atoms with Crippen LogP contribution in [-0.4, -0.2) is 4.98 Å². The molecule has 0 saturated heterocycles. The number of aromatic amines is 1. The van der Waals surface area contributed by atoms with Gasteiger partial charge in [0.05, 0.1) is 6.07 Å². The average molecular weight is 171 g/mol. The van der Waals surface area contributed by atoms with Crippen molar-refractivity contribution < 1.29 is 0 Å². The smallest absolute Gasteiger partial charge is 0.120 e. The summed E-state index contributed by atoms with van der Waals surface area (Å²) in [6.45, 7) is 0. The van der Waals surface area contributed by atoms with Gasteiger partial charge in [0.1, 0.15) is 6.04 Å². The lowest BCUT2D eigenvalue weighted by atomic mass is 10.1. The molecule has 0 radical (unpaired) electrons. The molecular formula is C10H9N3. The third-order valence-corrected chi connectivity index (χ3v) is 2.10. The second kappa shape index (κ2) is 2.92. The Morgan fingerprint density at radius 3 is 2.92 bits per heavy atom. The molecule has 0 aliphatic heterocycles. The summed E-state index contributed by atoms with van der Waals surface area (Å²) < 4.78 is 0. The number of nitrogens with two attached hydrogens (primary N) is 1. The highest BCUT2D eigenvalue weighted by molar-refractivity contribution is 5.83. The molecule has 64 valence electrons. The first-order chi connectivity index (χ1) is 6.33. The van der Waals surface area contributed by atoms with E-state index < -0.39 is 6.04 Å². The molecular weight excluding hydrogens is 162 g/mol. The molecule has 0 bridgehead atoms. The Balaban J connectivity index is 2.66. The third-order valence-electron chi connectivity index (χ3n) is 2.10. The van der Waals surface area contributed by atoms with E-state index in [0.717, 1.165) is 16.5 Å². The average Bonchev–Trinajstić information content (AvgIpc) is 2.60. The van der Waals surface area contributed by atoms with E-state index >= 15 is 0 Å². The Labute approximate surface area is 75.8 Å². The topological polar surface area (TPSA) is 65.6 Å². The summed E-state index contributed by atoms with van der Waals surface area (Å²) in [6, 6.07) is 9.27. The van der Waals surface area contributed by atoms with E-state index in [1.807, 2.05) is 30.3 Å². The quantitative estimate of drug-likeness (QED) is 0.685. The molecule has 3 heteroatoms. The van der Waals surface area contributed by atoms with Crippen molar-refractivity contribution >= 4 is 10.9 Å². The van der Waals surface area contributed by atoms with Gasteiger partial charge < -0.3 is 10.7 Å². The molecule has 13 heavy (non-hydrogen) atoms. The van der Waals surface area contributed by atoms with Gasteiger partial charge in [-0.25, -0.2) is 0 Å². The normalized spacial score (nSPS) is 12.6. The van der Waals surface area contributed by atoms with Crippen LogP contribution in [-0.2, 0) is 0 Å². The van der Waals surface area contributed by atoms with Gasteiger partial charge >= 0.3 is 0 Å². The summed E-state index contributed by atoms with van der Waals surface area (Å²) in [5.41, 5.74) is 7.50. The molecule has 0 amide bonds. The van der Waals surface area contributed by atoms with Gasteiger partial charge in [0.2, 0.25) is 0 Å². The molecule has 1 aromatic heterocycles. The lowest BCUT2D eigenvalue weighted by Gasteiger charge is -1.98. The van der Waals surface area contributed by atoms with Crippen LogP contribution >= 0.6 is 0 Å². The van der Waals surface area contributed by atoms with Crippen LogP contribution in [0, 0.1) is 11.3 Å². The largest absolute Gasteiger partial charge is 0.361 e. The number of nitrogens with one attached hydrogen (secondary N) is 1. The van der Waals surface area contributed by atoms with Gasteiger partial charge in [-0.3, -0.25) is 0 Å². The van der Waals surface area contributed by atoms with Crippen LogP contribution in [0.5, 0.6) is 0 Å². The fourth-order valence-corrected chi connectivity index (χ4v) is 1.42. The summed E-state index contributed by atoms with van der Waals surface area (Å²) in [4.78, 5) is 3.07. The van der Waals surface area contributed by atoms with Gasteiger partial charge in [-0.05, 0) is 6.07 Å². The Hall–Kier alpha value is -1.79. The van der Waals surface area contributed by atoms with Crippen molar-refractivity contribution in [3.63, 3.8) is 0 Å². The maximum absolute atomic E-state index is 8.68. The molecule has 0 aliphatic rings. The number of hydrogen-bond donors (Lipinski definition) is 2. The van der Waals surface area contributed by atoms with E-state index in [-0.39, 0.29) is 0 Å². The summed E-state index contributed by atoms with van der Waals surface area (Å²) in [6.07, 6.45) is 1.79. The van der Waals surface area contributed by atoms with Crippen molar-refractivity contribution in [2.24, 2.45) is 5.73 Å². The molecule has 2 rings (SSSR count). The molecule has 0 fully saturated rings. The van der Waals surface area contributed by atoms with Gasteiger partial charge in [0.15, 0.2) is 0 Å². The number of benzene rings is 1. The zero-order chi connectivity index (χ0) is 9.26. The first-order valence-corrected chi connectivity index (χ1v) is 4.04. The molecule has 3 N–H and O–H groups in total. The van der Waals surface area contributed by atoms with Gasteiger partial charge in [0, 0.05) is 22.7 Å². The Bertz CT molecular complexity index is 464. The first kappa shape index (κ1) is 7.84. The van der Waals surface area contributed by atoms with Crippen LogP contribution in [0.15, 0.2) is 30.5 Å². The molecule has 2 aromatic rings. The number of aromatic nitrogens is 1. The van der Waals surface area contributed by atoms with Gasteiger partial charge in [-0.1, -0.05) is 18.2 Å². The van der Waals surface area contributed by atoms with Crippen LogP contribution in [0.25, 0.3) is 10.9 Å². The highest BCUT2D eigenvalue weighted by Gasteiger charge is 2.09. The highest BCUT2D eigenvalue weighted by Crippen LogP contribution is 2.21. The van der Waals surface area contributed by atoms with Gasteiger partial charge in [-0.15, -0.1) is 0 Å². The van der Waals surface area contributed by atoms with E-state index in [1.54, 1.807) is 6.20 Å². The SMILES string of the molecule is N#CC(N)c1c[nH]c2ccccc12. The van der Waals surface area contributed by atoms with Crippen molar-refractivity contribution in [2.75, 3.05) is 0 Å². The van der Waals surface area contributed by atoms with Crippen LogP contribution in [0.2, 0.25) is 0 Å². The zero-order valence-electron chi connectivity index (χ0n) is 6.99. The lowest BCUT2D eigenvalue weighted by molar-refractivity contribution is 0.936. The lowest BCUT2D eigenvalue weighted by Crippen LogP contribution is -2.05. The van der Waals surface area contributed by atoms with Crippen LogP contribution in [0.3, 0.4) is 0 Å². The number of para-hydroxylation sites is 1. The fraction of sp³-hybridized carbons (Fsp3) is 0.100. The number of rotatable bonds is 1. The number of hydrogen-bond acceptors (Lipinski definition) is 2. The van der Waals surface area contributed by atoms with Crippen LogP contribution in [0.1, 0.15) is 11.6 Å². The molecule has 0 saturated carbocycles. The van der Waals surface area contributed by atoms with E-state index in [4.69, 9.17) is 11.0 Å². The standard InChI is InChI=1S/C10H9N3/c11-5-9(12)8-6-13-10-4-2-1-3-7(8)10/h1-4,6,9,13H,12H2. The molecule has 3 nitrogen and oxygen atoms in total. The predicted octanol–water partition coefficient (Wildman–Crippen LogP) is 1.69. The number of fused-ring (bicyclic) bond motifs is 1. The summed E-state index contributed by atoms with van der Waals surface area (Å²) in [5, 5.41) is 9.70. The van der Waals surface area contributed by atoms with Crippen molar-refractivity contribution in [1.29, 1.82) is 5.26 Å². The maximum atomic E-state index is 8.68.